The van der Waals surface area contributed by atoms with E-state index in [4.69, 9.17) is 0 Å². The first kappa shape index (κ1) is 17.1. The Bertz CT molecular complexity index is 670. The van der Waals surface area contributed by atoms with Crippen molar-refractivity contribution < 1.29 is 0 Å². The number of hydrogen-bond acceptors (Lipinski definition) is 4. The van der Waals surface area contributed by atoms with E-state index in [0.29, 0.717) is 5.82 Å². The zero-order chi connectivity index (χ0) is 16.9. The van der Waals surface area contributed by atoms with Crippen LogP contribution in [-0.4, -0.2) is 16.4 Å². The Balaban J connectivity index is 2.07. The number of hydrogen-bond donors (Lipinski definition) is 1. The van der Waals surface area contributed by atoms with Gasteiger partial charge in [0.15, 0.2) is 5.82 Å². The summed E-state index contributed by atoms with van der Waals surface area (Å²) >= 11 is 0. The molecule has 2 rings (SSSR count). The average Bonchev–Trinajstić information content (AvgIpc) is 2.58. The summed E-state index contributed by atoms with van der Waals surface area (Å²) in [6, 6.07) is 10.3. The number of aryl methyl sites for hydroxylation is 2. The van der Waals surface area contributed by atoms with E-state index in [1.807, 2.05) is 18.3 Å². The van der Waals surface area contributed by atoms with Gasteiger partial charge < -0.3 is 0 Å². The minimum Gasteiger partial charge on any atom is -0.260 e. The first-order valence-electron chi connectivity index (χ1n) is 8.19. The van der Waals surface area contributed by atoms with Crippen LogP contribution in [0.5, 0.6) is 0 Å². The van der Waals surface area contributed by atoms with E-state index in [1.54, 1.807) is 0 Å². The molecule has 23 heavy (non-hydrogen) atoms. The minimum absolute atomic E-state index is 0.0907. The fourth-order valence-corrected chi connectivity index (χ4v) is 2.39. The van der Waals surface area contributed by atoms with Crippen molar-refractivity contribution in [1.82, 2.24) is 10.2 Å². The van der Waals surface area contributed by atoms with Crippen LogP contribution in [0.4, 0.5) is 5.82 Å². The van der Waals surface area contributed by atoms with Crippen LogP contribution >= 0.6 is 0 Å². The summed E-state index contributed by atoms with van der Waals surface area (Å²) in [7, 11) is 0. The van der Waals surface area contributed by atoms with Crippen LogP contribution in [0.3, 0.4) is 0 Å². The van der Waals surface area contributed by atoms with Gasteiger partial charge >= 0.3 is 0 Å². The molecule has 0 unspecified atom stereocenters. The lowest BCUT2D eigenvalue weighted by Crippen LogP contribution is -2.21. The highest BCUT2D eigenvalue weighted by Gasteiger charge is 2.24. The predicted molar refractivity (Wildman–Crippen MR) is 97.1 cm³/mol. The second-order valence-corrected chi connectivity index (χ2v) is 6.30. The number of anilines is 1. The zero-order valence-electron chi connectivity index (χ0n) is 14.7. The van der Waals surface area contributed by atoms with E-state index in [9.17, 15) is 0 Å². The minimum atomic E-state index is 0.0907. The van der Waals surface area contributed by atoms with Gasteiger partial charge in [-0.3, -0.25) is 5.43 Å². The number of rotatable bonds is 6. The molecule has 0 aliphatic carbocycles. The standard InChI is InChI=1S/C19H26N4/c1-6-19(5,7-2)17-10-11-18(23-21-17)22-20-13-16-12-14(3)8-9-15(16)4/h8-13H,6-7H2,1-5H3,(H,22,23). The number of aromatic nitrogens is 2. The van der Waals surface area contributed by atoms with Gasteiger partial charge in [-0.05, 0) is 49.9 Å². The second-order valence-electron chi connectivity index (χ2n) is 6.30. The summed E-state index contributed by atoms with van der Waals surface area (Å²) in [6.07, 6.45) is 3.92. The summed E-state index contributed by atoms with van der Waals surface area (Å²) in [5, 5.41) is 12.9. The van der Waals surface area contributed by atoms with Gasteiger partial charge in [0.1, 0.15) is 0 Å². The Morgan fingerprint density at radius 2 is 1.83 bits per heavy atom. The number of benzene rings is 1. The van der Waals surface area contributed by atoms with E-state index in [1.165, 1.54) is 11.1 Å². The molecule has 122 valence electrons. The highest BCUT2D eigenvalue weighted by molar-refractivity contribution is 5.82. The molecule has 1 heterocycles. The number of nitrogens with zero attached hydrogens (tertiary/aromatic N) is 3. The first-order valence-corrected chi connectivity index (χ1v) is 8.19. The highest BCUT2D eigenvalue weighted by Crippen LogP contribution is 2.29. The maximum atomic E-state index is 4.36. The van der Waals surface area contributed by atoms with Crippen LogP contribution in [0.25, 0.3) is 0 Å². The average molecular weight is 310 g/mol. The second kappa shape index (κ2) is 7.36. The Labute approximate surface area is 139 Å². The fourth-order valence-electron chi connectivity index (χ4n) is 2.39. The van der Waals surface area contributed by atoms with Gasteiger partial charge in [-0.25, -0.2) is 0 Å². The Kier molecular flexibility index (Phi) is 5.48. The van der Waals surface area contributed by atoms with Crippen molar-refractivity contribution in [3.05, 3.63) is 52.7 Å². The quantitative estimate of drug-likeness (QED) is 0.626. The lowest BCUT2D eigenvalue weighted by molar-refractivity contribution is 0.421. The maximum Gasteiger partial charge on any atom is 0.168 e. The van der Waals surface area contributed by atoms with E-state index in [0.717, 1.165) is 24.1 Å². The van der Waals surface area contributed by atoms with E-state index in [-0.39, 0.29) is 5.41 Å². The third-order valence-electron chi connectivity index (χ3n) is 4.66. The van der Waals surface area contributed by atoms with Crippen molar-refractivity contribution >= 4 is 12.0 Å². The summed E-state index contributed by atoms with van der Waals surface area (Å²) in [5.41, 5.74) is 7.60. The first-order chi connectivity index (χ1) is 11.0. The summed E-state index contributed by atoms with van der Waals surface area (Å²) in [4.78, 5) is 0. The van der Waals surface area contributed by atoms with Crippen LogP contribution in [0, 0.1) is 13.8 Å². The van der Waals surface area contributed by atoms with Crippen LogP contribution in [0.1, 0.15) is 56.0 Å². The Morgan fingerprint density at radius 1 is 1.09 bits per heavy atom. The molecule has 4 nitrogen and oxygen atoms in total. The number of nitrogens with one attached hydrogen (secondary N) is 1. The van der Waals surface area contributed by atoms with Crippen LogP contribution in [0.2, 0.25) is 0 Å². The molecule has 0 aliphatic heterocycles. The van der Waals surface area contributed by atoms with Crippen molar-refractivity contribution in [2.24, 2.45) is 5.10 Å². The van der Waals surface area contributed by atoms with Crippen molar-refractivity contribution in [2.45, 2.75) is 52.9 Å². The molecule has 0 spiro atoms. The lowest BCUT2D eigenvalue weighted by Gasteiger charge is -2.25. The van der Waals surface area contributed by atoms with Crippen molar-refractivity contribution in [3.8, 4) is 0 Å². The van der Waals surface area contributed by atoms with Crippen LogP contribution in [-0.2, 0) is 5.41 Å². The highest BCUT2D eigenvalue weighted by atomic mass is 15.3. The van der Waals surface area contributed by atoms with Crippen molar-refractivity contribution in [2.75, 3.05) is 5.43 Å². The molecule has 1 aromatic carbocycles. The summed E-state index contributed by atoms with van der Waals surface area (Å²) in [5.74, 6) is 0.657. The van der Waals surface area contributed by atoms with Crippen molar-refractivity contribution in [3.63, 3.8) is 0 Å². The fraction of sp³-hybridized carbons (Fsp3) is 0.421. The molecular weight excluding hydrogens is 284 g/mol. The van der Waals surface area contributed by atoms with Gasteiger partial charge in [-0.15, -0.1) is 5.10 Å². The predicted octanol–water partition coefficient (Wildman–Crippen LogP) is 4.62. The largest absolute Gasteiger partial charge is 0.260 e. The molecule has 0 saturated carbocycles. The zero-order valence-corrected chi connectivity index (χ0v) is 14.7. The molecule has 1 aromatic heterocycles. The van der Waals surface area contributed by atoms with Gasteiger partial charge in [-0.1, -0.05) is 44.5 Å². The number of hydrazone groups is 1. The molecule has 0 saturated heterocycles. The molecule has 0 amide bonds. The van der Waals surface area contributed by atoms with Crippen LogP contribution < -0.4 is 5.43 Å². The summed E-state index contributed by atoms with van der Waals surface area (Å²) in [6.45, 7) is 10.7. The van der Waals surface area contributed by atoms with Crippen molar-refractivity contribution in [1.29, 1.82) is 0 Å². The normalized spacial score (nSPS) is 11.9. The monoisotopic (exact) mass is 310 g/mol. The van der Waals surface area contributed by atoms with Gasteiger partial charge in [0.2, 0.25) is 0 Å². The molecule has 2 aromatic rings. The lowest BCUT2D eigenvalue weighted by atomic mass is 9.81. The molecule has 0 fully saturated rings. The van der Waals surface area contributed by atoms with Crippen LogP contribution in [0.15, 0.2) is 35.4 Å². The molecular formula is C19H26N4. The van der Waals surface area contributed by atoms with Gasteiger partial charge in [-0.2, -0.15) is 10.2 Å². The van der Waals surface area contributed by atoms with Gasteiger partial charge in [0, 0.05) is 5.41 Å². The topological polar surface area (TPSA) is 50.2 Å². The van der Waals surface area contributed by atoms with Gasteiger partial charge in [0.25, 0.3) is 0 Å². The third-order valence-corrected chi connectivity index (χ3v) is 4.66. The molecule has 4 heteroatoms. The Hall–Kier alpha value is -2.23. The smallest absolute Gasteiger partial charge is 0.168 e. The summed E-state index contributed by atoms with van der Waals surface area (Å²) < 4.78 is 0. The molecule has 0 aliphatic rings. The SMILES string of the molecule is CCC(C)(CC)c1ccc(NN=Cc2cc(C)ccc2C)nn1. The maximum absolute atomic E-state index is 4.36. The van der Waals surface area contributed by atoms with E-state index >= 15 is 0 Å². The molecule has 0 radical (unpaired) electrons. The Morgan fingerprint density at radius 3 is 2.43 bits per heavy atom. The third kappa shape index (κ3) is 4.15. The molecule has 0 atom stereocenters. The van der Waals surface area contributed by atoms with E-state index in [2.05, 4.69) is 73.5 Å². The molecule has 1 N–H and O–H groups in total. The van der Waals surface area contributed by atoms with E-state index < -0.39 is 0 Å². The molecule has 0 bridgehead atoms. The van der Waals surface area contributed by atoms with Gasteiger partial charge in [0.05, 0.1) is 11.9 Å².